The predicted molar refractivity (Wildman–Crippen MR) is 76.1 cm³/mol. The van der Waals surface area contributed by atoms with Gasteiger partial charge in [0.15, 0.2) is 11.8 Å². The zero-order valence-corrected chi connectivity index (χ0v) is 11.1. The van der Waals surface area contributed by atoms with Crippen LogP contribution in [-0.2, 0) is 9.63 Å². The molecule has 7 nitrogen and oxygen atoms in total. The second-order valence-electron chi connectivity index (χ2n) is 4.40. The summed E-state index contributed by atoms with van der Waals surface area (Å²) in [6, 6.07) is 11.3. The molecule has 0 aliphatic carbocycles. The van der Waals surface area contributed by atoms with Gasteiger partial charge >= 0.3 is 0 Å². The molecular formula is C14H13N5O2. The van der Waals surface area contributed by atoms with Gasteiger partial charge in [0.05, 0.1) is 0 Å². The maximum Gasteiger partial charge on any atom is 0.287 e. The van der Waals surface area contributed by atoms with Crippen LogP contribution in [0, 0.1) is 0 Å². The van der Waals surface area contributed by atoms with Gasteiger partial charge in [-0.3, -0.25) is 15.6 Å². The normalized spacial score (nSPS) is 16.8. The van der Waals surface area contributed by atoms with Crippen LogP contribution in [0.15, 0.2) is 53.9 Å². The van der Waals surface area contributed by atoms with E-state index in [0.29, 0.717) is 18.1 Å². The maximum atomic E-state index is 12.0. The van der Waals surface area contributed by atoms with Gasteiger partial charge < -0.3 is 4.84 Å². The fourth-order valence-electron chi connectivity index (χ4n) is 1.91. The highest BCUT2D eigenvalue weighted by Gasteiger charge is 2.27. The minimum absolute atomic E-state index is 0.222. The number of rotatable bonds is 4. The molecule has 1 atom stereocenters. The van der Waals surface area contributed by atoms with Gasteiger partial charge in [-0.05, 0) is 11.6 Å². The fraction of sp³-hybridized carbons (Fsp3) is 0.143. The van der Waals surface area contributed by atoms with Gasteiger partial charge in [0.25, 0.3) is 5.91 Å². The lowest BCUT2D eigenvalue weighted by Crippen LogP contribution is -2.35. The summed E-state index contributed by atoms with van der Waals surface area (Å²) in [6.45, 7) is 0. The molecule has 0 bridgehead atoms. The molecule has 1 aliphatic heterocycles. The lowest BCUT2D eigenvalue weighted by Gasteiger charge is -2.07. The number of oxime groups is 1. The number of anilines is 1. The summed E-state index contributed by atoms with van der Waals surface area (Å²) in [5, 5.41) is 3.83. The molecular weight excluding hydrogens is 270 g/mol. The van der Waals surface area contributed by atoms with Gasteiger partial charge in [0, 0.05) is 18.8 Å². The third-order valence-corrected chi connectivity index (χ3v) is 2.96. The Kier molecular flexibility index (Phi) is 3.72. The number of amides is 1. The quantitative estimate of drug-likeness (QED) is 0.829. The number of hydrogen-bond acceptors (Lipinski definition) is 6. The Hall–Kier alpha value is -2.96. The molecule has 0 fully saturated rings. The van der Waals surface area contributed by atoms with Crippen LogP contribution in [0.25, 0.3) is 0 Å². The average Bonchev–Trinajstić information content (AvgIpc) is 3.04. The minimum atomic E-state index is -0.360. The summed E-state index contributed by atoms with van der Waals surface area (Å²) in [6.07, 6.45) is 3.35. The van der Waals surface area contributed by atoms with Crippen LogP contribution in [0.5, 0.6) is 0 Å². The lowest BCUT2D eigenvalue weighted by molar-refractivity contribution is -0.114. The van der Waals surface area contributed by atoms with Crippen LogP contribution in [-0.4, -0.2) is 21.6 Å². The number of hydrazine groups is 1. The van der Waals surface area contributed by atoms with Gasteiger partial charge in [0.1, 0.15) is 0 Å². The molecule has 2 aromatic rings. The van der Waals surface area contributed by atoms with Crippen molar-refractivity contribution in [3.8, 4) is 0 Å². The molecule has 1 aromatic carbocycles. The van der Waals surface area contributed by atoms with E-state index in [1.807, 2.05) is 30.3 Å². The van der Waals surface area contributed by atoms with Crippen LogP contribution >= 0.6 is 0 Å². The van der Waals surface area contributed by atoms with Gasteiger partial charge in [-0.25, -0.2) is 9.97 Å². The van der Waals surface area contributed by atoms with Crippen molar-refractivity contribution in [3.05, 3.63) is 54.4 Å². The standard InChI is InChI=1S/C14H13N5O2/c20-13(17-18-14-15-7-4-8-16-14)11-9-12(21-19-11)10-5-2-1-3-6-10/h1-8,12H,9H2,(H,17,20)(H,15,16,18)/t12-/m1/s1. The number of carbonyl (C=O) groups is 1. The largest absolute Gasteiger partial charge is 0.387 e. The molecule has 0 radical (unpaired) electrons. The van der Waals surface area contributed by atoms with Crippen molar-refractivity contribution in [2.24, 2.45) is 5.16 Å². The molecule has 3 rings (SSSR count). The molecule has 7 heteroatoms. The van der Waals surface area contributed by atoms with Gasteiger partial charge in [0.2, 0.25) is 5.95 Å². The third-order valence-electron chi connectivity index (χ3n) is 2.96. The molecule has 106 valence electrons. The third kappa shape index (κ3) is 3.14. The average molecular weight is 283 g/mol. The molecule has 0 saturated carbocycles. The number of benzene rings is 1. The van der Waals surface area contributed by atoms with Gasteiger partial charge in [-0.15, -0.1) is 0 Å². The van der Waals surface area contributed by atoms with E-state index in [9.17, 15) is 4.79 Å². The Bertz CT molecular complexity index is 645. The highest BCUT2D eigenvalue weighted by molar-refractivity contribution is 6.39. The first kappa shape index (κ1) is 13.0. The van der Waals surface area contributed by atoms with Crippen molar-refractivity contribution in [2.45, 2.75) is 12.5 Å². The fourth-order valence-corrected chi connectivity index (χ4v) is 1.91. The summed E-state index contributed by atoms with van der Waals surface area (Å²) in [7, 11) is 0. The molecule has 21 heavy (non-hydrogen) atoms. The SMILES string of the molecule is O=C(NNc1ncccn1)C1=NO[C@@H](c2ccccc2)C1. The summed E-state index contributed by atoms with van der Waals surface area (Å²) >= 11 is 0. The molecule has 0 saturated heterocycles. The lowest BCUT2D eigenvalue weighted by atomic mass is 10.0. The summed E-state index contributed by atoms with van der Waals surface area (Å²) in [5.74, 6) is -0.0501. The smallest absolute Gasteiger partial charge is 0.287 e. The van der Waals surface area contributed by atoms with Crippen molar-refractivity contribution in [2.75, 3.05) is 5.43 Å². The molecule has 0 spiro atoms. The van der Waals surface area contributed by atoms with Crippen LogP contribution in [0.3, 0.4) is 0 Å². The number of carbonyl (C=O) groups excluding carboxylic acids is 1. The molecule has 0 unspecified atom stereocenters. The van der Waals surface area contributed by atoms with E-state index >= 15 is 0 Å². The van der Waals surface area contributed by atoms with Crippen LogP contribution < -0.4 is 10.9 Å². The molecule has 1 aliphatic rings. The Morgan fingerprint density at radius 2 is 1.90 bits per heavy atom. The number of aromatic nitrogens is 2. The Labute approximate surface area is 121 Å². The van der Waals surface area contributed by atoms with Crippen molar-refractivity contribution in [3.63, 3.8) is 0 Å². The highest BCUT2D eigenvalue weighted by Crippen LogP contribution is 2.26. The van der Waals surface area contributed by atoms with Gasteiger partial charge in [-0.2, -0.15) is 0 Å². The predicted octanol–water partition coefficient (Wildman–Crippen LogP) is 1.44. The van der Waals surface area contributed by atoms with E-state index in [1.54, 1.807) is 18.5 Å². The molecule has 1 aromatic heterocycles. The molecule has 2 N–H and O–H groups in total. The van der Waals surface area contributed by atoms with Crippen LogP contribution in [0.1, 0.15) is 18.1 Å². The highest BCUT2D eigenvalue weighted by atomic mass is 16.6. The maximum absolute atomic E-state index is 12.0. The van der Waals surface area contributed by atoms with Gasteiger partial charge in [-0.1, -0.05) is 35.5 Å². The summed E-state index contributed by atoms with van der Waals surface area (Å²) in [4.78, 5) is 25.1. The van der Waals surface area contributed by atoms with Crippen molar-refractivity contribution < 1.29 is 9.63 Å². The van der Waals surface area contributed by atoms with E-state index in [1.165, 1.54) is 0 Å². The zero-order chi connectivity index (χ0) is 14.5. The van der Waals surface area contributed by atoms with E-state index in [2.05, 4.69) is 26.0 Å². The summed E-state index contributed by atoms with van der Waals surface area (Å²) in [5.41, 5.74) is 6.42. The topological polar surface area (TPSA) is 88.5 Å². The first-order valence-corrected chi connectivity index (χ1v) is 6.44. The minimum Gasteiger partial charge on any atom is -0.387 e. The first-order chi connectivity index (χ1) is 10.3. The second kappa shape index (κ2) is 6.00. The summed E-state index contributed by atoms with van der Waals surface area (Å²) < 4.78 is 0. The Balaban J connectivity index is 1.55. The number of nitrogens with zero attached hydrogens (tertiary/aromatic N) is 3. The zero-order valence-electron chi connectivity index (χ0n) is 11.1. The van der Waals surface area contributed by atoms with Crippen LogP contribution in [0.4, 0.5) is 5.95 Å². The van der Waals surface area contributed by atoms with E-state index in [-0.39, 0.29) is 12.0 Å². The Morgan fingerprint density at radius 3 is 2.67 bits per heavy atom. The van der Waals surface area contributed by atoms with E-state index in [4.69, 9.17) is 4.84 Å². The molecule has 2 heterocycles. The first-order valence-electron chi connectivity index (χ1n) is 6.44. The molecule has 1 amide bonds. The van der Waals surface area contributed by atoms with E-state index in [0.717, 1.165) is 5.56 Å². The van der Waals surface area contributed by atoms with Crippen molar-refractivity contribution in [1.29, 1.82) is 0 Å². The second-order valence-corrected chi connectivity index (χ2v) is 4.40. The van der Waals surface area contributed by atoms with Crippen molar-refractivity contribution >= 4 is 17.6 Å². The van der Waals surface area contributed by atoms with Crippen molar-refractivity contribution in [1.82, 2.24) is 15.4 Å². The number of nitrogens with one attached hydrogen (secondary N) is 2. The number of hydrogen-bond donors (Lipinski definition) is 2. The monoisotopic (exact) mass is 283 g/mol. The van der Waals surface area contributed by atoms with Crippen LogP contribution in [0.2, 0.25) is 0 Å². The Morgan fingerprint density at radius 1 is 1.14 bits per heavy atom. The van der Waals surface area contributed by atoms with E-state index < -0.39 is 0 Å².